The van der Waals surface area contributed by atoms with Crippen molar-refractivity contribution in [2.75, 3.05) is 26.7 Å². The third kappa shape index (κ3) is 3.17. The van der Waals surface area contributed by atoms with Gasteiger partial charge in [-0.15, -0.1) is 0 Å². The predicted molar refractivity (Wildman–Crippen MR) is 80.3 cm³/mol. The van der Waals surface area contributed by atoms with Crippen LogP contribution < -0.4 is 5.73 Å². The molecular formula is C16H30N2O2. The van der Waals surface area contributed by atoms with E-state index in [1.54, 1.807) is 0 Å². The van der Waals surface area contributed by atoms with Crippen molar-refractivity contribution >= 4 is 5.97 Å². The SMILES string of the molecule is COC(=O)C1(N)CCCC1CCN1CCC(C)C(C)C1. The van der Waals surface area contributed by atoms with Crippen molar-refractivity contribution in [3.05, 3.63) is 0 Å². The highest BCUT2D eigenvalue weighted by molar-refractivity contribution is 5.81. The second-order valence-corrected chi connectivity index (χ2v) is 6.95. The molecule has 1 aliphatic carbocycles. The van der Waals surface area contributed by atoms with Crippen molar-refractivity contribution in [1.82, 2.24) is 4.90 Å². The Bertz CT molecular complexity index is 347. The topological polar surface area (TPSA) is 55.6 Å². The summed E-state index contributed by atoms with van der Waals surface area (Å²) in [6.45, 7) is 8.13. The molecule has 0 bridgehead atoms. The van der Waals surface area contributed by atoms with Gasteiger partial charge in [0.05, 0.1) is 7.11 Å². The van der Waals surface area contributed by atoms with Crippen LogP contribution in [-0.4, -0.2) is 43.2 Å². The van der Waals surface area contributed by atoms with Gasteiger partial charge in [0.25, 0.3) is 0 Å². The highest BCUT2D eigenvalue weighted by atomic mass is 16.5. The van der Waals surface area contributed by atoms with Gasteiger partial charge in [0.15, 0.2) is 0 Å². The number of ether oxygens (including phenoxy) is 1. The third-order valence-electron chi connectivity index (χ3n) is 5.65. The minimum atomic E-state index is -0.733. The normalized spacial score (nSPS) is 38.9. The number of methoxy groups -OCH3 is 1. The van der Waals surface area contributed by atoms with Crippen molar-refractivity contribution < 1.29 is 9.53 Å². The number of rotatable bonds is 4. The van der Waals surface area contributed by atoms with Crippen LogP contribution in [-0.2, 0) is 9.53 Å². The second-order valence-electron chi connectivity index (χ2n) is 6.95. The first-order chi connectivity index (χ1) is 9.47. The van der Waals surface area contributed by atoms with E-state index in [9.17, 15) is 4.79 Å². The van der Waals surface area contributed by atoms with Crippen LogP contribution in [0.3, 0.4) is 0 Å². The Morgan fingerprint density at radius 1 is 1.35 bits per heavy atom. The minimum absolute atomic E-state index is 0.222. The lowest BCUT2D eigenvalue weighted by molar-refractivity contribution is -0.148. The molecule has 0 aromatic heterocycles. The fourth-order valence-electron chi connectivity index (χ4n) is 3.85. The van der Waals surface area contributed by atoms with Crippen LogP contribution in [0.15, 0.2) is 0 Å². The minimum Gasteiger partial charge on any atom is -0.468 e. The van der Waals surface area contributed by atoms with Gasteiger partial charge in [-0.1, -0.05) is 20.3 Å². The molecule has 1 heterocycles. The smallest absolute Gasteiger partial charge is 0.326 e. The van der Waals surface area contributed by atoms with Crippen molar-refractivity contribution in [1.29, 1.82) is 0 Å². The first-order valence-corrected chi connectivity index (χ1v) is 8.07. The summed E-state index contributed by atoms with van der Waals surface area (Å²) in [6, 6.07) is 0. The van der Waals surface area contributed by atoms with Crippen molar-refractivity contribution in [2.45, 2.75) is 51.5 Å². The van der Waals surface area contributed by atoms with Gasteiger partial charge in [0, 0.05) is 6.54 Å². The van der Waals surface area contributed by atoms with E-state index in [-0.39, 0.29) is 11.9 Å². The number of esters is 1. The summed E-state index contributed by atoms with van der Waals surface area (Å²) in [5.74, 6) is 1.67. The molecule has 0 radical (unpaired) electrons. The van der Waals surface area contributed by atoms with Crippen LogP contribution in [0.5, 0.6) is 0 Å². The molecule has 0 spiro atoms. The van der Waals surface area contributed by atoms with Crippen molar-refractivity contribution in [3.8, 4) is 0 Å². The fourth-order valence-corrected chi connectivity index (χ4v) is 3.85. The molecule has 4 atom stereocenters. The maximum absolute atomic E-state index is 11.9. The van der Waals surface area contributed by atoms with Gasteiger partial charge in [0.1, 0.15) is 5.54 Å². The van der Waals surface area contributed by atoms with Gasteiger partial charge >= 0.3 is 5.97 Å². The number of hydrogen-bond donors (Lipinski definition) is 1. The monoisotopic (exact) mass is 282 g/mol. The van der Waals surface area contributed by atoms with Crippen LogP contribution in [0, 0.1) is 17.8 Å². The molecule has 0 amide bonds. The molecule has 2 fully saturated rings. The lowest BCUT2D eigenvalue weighted by Gasteiger charge is -2.37. The first-order valence-electron chi connectivity index (χ1n) is 8.07. The van der Waals surface area contributed by atoms with E-state index in [4.69, 9.17) is 10.5 Å². The summed E-state index contributed by atoms with van der Waals surface area (Å²) in [6.07, 6.45) is 5.19. The van der Waals surface area contributed by atoms with Crippen LogP contribution >= 0.6 is 0 Å². The Kier molecular flexibility index (Phi) is 5.08. The highest BCUT2D eigenvalue weighted by Gasteiger charge is 2.46. The number of carbonyl (C=O) groups excluding carboxylic acids is 1. The molecule has 4 heteroatoms. The summed E-state index contributed by atoms with van der Waals surface area (Å²) < 4.78 is 4.91. The van der Waals surface area contributed by atoms with Crippen LogP contribution in [0.4, 0.5) is 0 Å². The Morgan fingerprint density at radius 2 is 2.10 bits per heavy atom. The molecule has 0 aromatic rings. The van der Waals surface area contributed by atoms with Crippen molar-refractivity contribution in [2.24, 2.45) is 23.5 Å². The van der Waals surface area contributed by atoms with E-state index in [0.29, 0.717) is 0 Å². The van der Waals surface area contributed by atoms with E-state index in [1.807, 2.05) is 0 Å². The zero-order chi connectivity index (χ0) is 14.8. The lowest BCUT2D eigenvalue weighted by atomic mass is 9.84. The molecule has 2 rings (SSSR count). The van der Waals surface area contributed by atoms with E-state index >= 15 is 0 Å². The number of piperidine rings is 1. The largest absolute Gasteiger partial charge is 0.468 e. The number of nitrogens with zero attached hydrogens (tertiary/aromatic N) is 1. The highest BCUT2D eigenvalue weighted by Crippen LogP contribution is 2.37. The van der Waals surface area contributed by atoms with Crippen molar-refractivity contribution in [3.63, 3.8) is 0 Å². The quantitative estimate of drug-likeness (QED) is 0.802. The molecule has 20 heavy (non-hydrogen) atoms. The summed E-state index contributed by atoms with van der Waals surface area (Å²) in [7, 11) is 1.44. The lowest BCUT2D eigenvalue weighted by Crippen LogP contribution is -2.52. The number of hydrogen-bond acceptors (Lipinski definition) is 4. The second kappa shape index (κ2) is 6.44. The third-order valence-corrected chi connectivity index (χ3v) is 5.65. The van der Waals surface area contributed by atoms with Crippen LogP contribution in [0.25, 0.3) is 0 Å². The van der Waals surface area contributed by atoms with E-state index in [1.165, 1.54) is 26.6 Å². The maximum atomic E-state index is 11.9. The fraction of sp³-hybridized carbons (Fsp3) is 0.938. The average molecular weight is 282 g/mol. The van der Waals surface area contributed by atoms with Gasteiger partial charge < -0.3 is 15.4 Å². The standard InChI is InChI=1S/C16H30N2O2/c1-12-6-9-18(11-13(12)2)10-7-14-5-4-8-16(14,17)15(19)20-3/h12-14H,4-11,17H2,1-3H3. The van der Waals surface area contributed by atoms with Gasteiger partial charge in [-0.05, 0) is 56.5 Å². The van der Waals surface area contributed by atoms with E-state index < -0.39 is 5.54 Å². The molecule has 0 aromatic carbocycles. The first kappa shape index (κ1) is 15.8. The van der Waals surface area contributed by atoms with Crippen LogP contribution in [0.2, 0.25) is 0 Å². The Balaban J connectivity index is 1.86. The van der Waals surface area contributed by atoms with E-state index in [0.717, 1.165) is 44.1 Å². The summed E-state index contributed by atoms with van der Waals surface area (Å²) >= 11 is 0. The summed E-state index contributed by atoms with van der Waals surface area (Å²) in [5.41, 5.74) is 5.60. The average Bonchev–Trinajstić information content (AvgIpc) is 2.82. The molecule has 4 nitrogen and oxygen atoms in total. The van der Waals surface area contributed by atoms with Gasteiger partial charge in [0.2, 0.25) is 0 Å². The Labute approximate surface area is 123 Å². The van der Waals surface area contributed by atoms with Crippen LogP contribution in [0.1, 0.15) is 46.0 Å². The number of carbonyl (C=O) groups is 1. The van der Waals surface area contributed by atoms with Gasteiger partial charge in [-0.25, -0.2) is 0 Å². The zero-order valence-electron chi connectivity index (χ0n) is 13.2. The molecule has 1 aliphatic heterocycles. The van der Waals surface area contributed by atoms with Gasteiger partial charge in [-0.3, -0.25) is 4.79 Å². The molecular weight excluding hydrogens is 252 g/mol. The molecule has 116 valence electrons. The molecule has 1 saturated heterocycles. The summed E-state index contributed by atoms with van der Waals surface area (Å²) in [4.78, 5) is 14.5. The van der Waals surface area contributed by atoms with E-state index in [2.05, 4.69) is 18.7 Å². The molecule has 2 N–H and O–H groups in total. The zero-order valence-corrected chi connectivity index (χ0v) is 13.2. The Hall–Kier alpha value is -0.610. The number of likely N-dealkylation sites (tertiary alicyclic amines) is 1. The summed E-state index contributed by atoms with van der Waals surface area (Å²) in [5, 5.41) is 0. The molecule has 1 saturated carbocycles. The molecule has 2 aliphatic rings. The Morgan fingerprint density at radius 3 is 2.75 bits per heavy atom. The predicted octanol–water partition coefficient (Wildman–Crippen LogP) is 2.02. The van der Waals surface area contributed by atoms with Gasteiger partial charge in [-0.2, -0.15) is 0 Å². The maximum Gasteiger partial charge on any atom is 0.326 e. The number of nitrogens with two attached hydrogens (primary N) is 1. The molecule has 4 unspecified atom stereocenters.